The number of sulfonamides is 1. The van der Waals surface area contributed by atoms with Gasteiger partial charge in [-0.3, -0.25) is 13.9 Å². The number of hydrazone groups is 1. The molecule has 0 saturated heterocycles. The largest absolute Gasteiger partial charge is 0.484 e. The van der Waals surface area contributed by atoms with Crippen molar-refractivity contribution in [2.24, 2.45) is 5.10 Å². The summed E-state index contributed by atoms with van der Waals surface area (Å²) in [6, 6.07) is 28.4. The van der Waals surface area contributed by atoms with Crippen molar-refractivity contribution in [3.05, 3.63) is 119 Å². The summed E-state index contributed by atoms with van der Waals surface area (Å²) >= 11 is 6.06. The second-order valence-electron chi connectivity index (χ2n) is 8.82. The van der Waals surface area contributed by atoms with Crippen LogP contribution >= 0.6 is 11.6 Å². The summed E-state index contributed by atoms with van der Waals surface area (Å²) in [6.45, 7) is 1.05. The molecule has 0 aliphatic heterocycles. The van der Waals surface area contributed by atoms with Crippen LogP contribution in [0.2, 0.25) is 5.02 Å². The van der Waals surface area contributed by atoms with Crippen LogP contribution in [0, 0.1) is 6.92 Å². The molecule has 0 bridgehead atoms. The lowest BCUT2D eigenvalue weighted by atomic mass is 10.2. The van der Waals surface area contributed by atoms with Crippen LogP contribution in [0.15, 0.2) is 113 Å². The highest BCUT2D eigenvalue weighted by atomic mass is 35.5. The van der Waals surface area contributed by atoms with Crippen LogP contribution in [-0.4, -0.2) is 39.6 Å². The third-order valence-electron chi connectivity index (χ3n) is 5.76. The Balaban J connectivity index is 1.37. The molecule has 0 aliphatic carbocycles. The number of nitrogens with one attached hydrogen (secondary N) is 2. The topological polar surface area (TPSA) is 117 Å². The molecule has 0 unspecified atom stereocenters. The first kappa shape index (κ1) is 29.3. The molecule has 0 saturated carbocycles. The number of para-hydroxylation sites is 1. The molecule has 9 nitrogen and oxygen atoms in total. The van der Waals surface area contributed by atoms with E-state index in [0.717, 1.165) is 4.31 Å². The summed E-state index contributed by atoms with van der Waals surface area (Å²) in [5.74, 6) is -0.448. The number of carbonyl (C=O) groups is 2. The molecule has 0 aliphatic rings. The Morgan fingerprint density at radius 3 is 2.22 bits per heavy atom. The molecule has 4 aromatic rings. The molecule has 4 aromatic carbocycles. The first-order chi connectivity index (χ1) is 19.7. The van der Waals surface area contributed by atoms with E-state index in [1.54, 1.807) is 79.7 Å². The quantitative estimate of drug-likeness (QED) is 0.188. The van der Waals surface area contributed by atoms with Crippen LogP contribution in [-0.2, 0) is 19.6 Å². The molecule has 0 aromatic heterocycles. The smallest absolute Gasteiger partial charge is 0.264 e. The molecular formula is C30H27ClN4O5S. The van der Waals surface area contributed by atoms with Crippen molar-refractivity contribution in [2.75, 3.05) is 22.8 Å². The third-order valence-corrected chi connectivity index (χ3v) is 7.77. The molecule has 2 N–H and O–H groups in total. The SMILES string of the molecule is Cc1cc(Cl)ccc1N(CC(=O)N/N=C\c1ccc(OCC(=O)Nc2ccccc2)cc1)S(=O)(=O)c1ccccc1. The van der Waals surface area contributed by atoms with Gasteiger partial charge in [-0.25, -0.2) is 13.8 Å². The highest BCUT2D eigenvalue weighted by Gasteiger charge is 2.28. The van der Waals surface area contributed by atoms with Gasteiger partial charge in [0, 0.05) is 10.7 Å². The van der Waals surface area contributed by atoms with Gasteiger partial charge < -0.3 is 10.1 Å². The Bertz CT molecular complexity index is 1630. The fourth-order valence-corrected chi connectivity index (χ4v) is 5.51. The number of anilines is 2. The van der Waals surface area contributed by atoms with Crippen LogP contribution in [0.4, 0.5) is 11.4 Å². The minimum absolute atomic E-state index is 0.0468. The van der Waals surface area contributed by atoms with E-state index in [9.17, 15) is 18.0 Å². The van der Waals surface area contributed by atoms with Gasteiger partial charge in [0.05, 0.1) is 16.8 Å². The van der Waals surface area contributed by atoms with E-state index in [1.165, 1.54) is 18.3 Å². The summed E-state index contributed by atoms with van der Waals surface area (Å²) in [5, 5.41) is 7.14. The molecule has 0 fully saturated rings. The minimum atomic E-state index is -4.06. The van der Waals surface area contributed by atoms with Gasteiger partial charge in [-0.15, -0.1) is 0 Å². The number of carbonyl (C=O) groups excluding carboxylic acids is 2. The van der Waals surface area contributed by atoms with E-state index in [4.69, 9.17) is 16.3 Å². The lowest BCUT2D eigenvalue weighted by Gasteiger charge is -2.25. The summed E-state index contributed by atoms with van der Waals surface area (Å²) in [4.78, 5) is 24.9. The van der Waals surface area contributed by atoms with Crippen LogP contribution in [0.3, 0.4) is 0 Å². The molecule has 0 spiro atoms. The number of nitrogens with zero attached hydrogens (tertiary/aromatic N) is 2. The van der Waals surface area contributed by atoms with E-state index in [2.05, 4.69) is 15.8 Å². The summed E-state index contributed by atoms with van der Waals surface area (Å²) in [5.41, 5.74) is 4.62. The van der Waals surface area contributed by atoms with Gasteiger partial charge in [0.2, 0.25) is 0 Å². The fourth-order valence-electron chi connectivity index (χ4n) is 3.78. The Hall–Kier alpha value is -4.67. The van der Waals surface area contributed by atoms with Crippen molar-refractivity contribution in [3.63, 3.8) is 0 Å². The molecule has 210 valence electrons. The van der Waals surface area contributed by atoms with E-state index in [1.807, 2.05) is 18.2 Å². The van der Waals surface area contributed by atoms with Crippen LogP contribution in [0.1, 0.15) is 11.1 Å². The zero-order valence-corrected chi connectivity index (χ0v) is 23.6. The maximum Gasteiger partial charge on any atom is 0.264 e. The van der Waals surface area contributed by atoms with Crippen molar-refractivity contribution in [1.29, 1.82) is 0 Å². The van der Waals surface area contributed by atoms with E-state index >= 15 is 0 Å². The fraction of sp³-hybridized carbons (Fsp3) is 0.100. The predicted molar refractivity (Wildman–Crippen MR) is 160 cm³/mol. The van der Waals surface area contributed by atoms with Crippen molar-refractivity contribution in [3.8, 4) is 5.75 Å². The van der Waals surface area contributed by atoms with Gasteiger partial charge >= 0.3 is 0 Å². The first-order valence-electron chi connectivity index (χ1n) is 12.5. The van der Waals surface area contributed by atoms with Gasteiger partial charge in [-0.05, 0) is 84.8 Å². The lowest BCUT2D eigenvalue weighted by Crippen LogP contribution is -2.40. The van der Waals surface area contributed by atoms with Crippen molar-refractivity contribution >= 4 is 51.0 Å². The first-order valence-corrected chi connectivity index (χ1v) is 14.3. The Morgan fingerprint density at radius 2 is 1.56 bits per heavy atom. The predicted octanol–water partition coefficient (Wildman–Crippen LogP) is 5.01. The van der Waals surface area contributed by atoms with E-state index in [-0.39, 0.29) is 17.4 Å². The van der Waals surface area contributed by atoms with Crippen LogP contribution < -0.4 is 19.8 Å². The molecule has 41 heavy (non-hydrogen) atoms. The number of aryl methyl sites for hydroxylation is 1. The van der Waals surface area contributed by atoms with E-state index < -0.39 is 22.5 Å². The normalized spacial score (nSPS) is 11.2. The van der Waals surface area contributed by atoms with Gasteiger partial charge in [0.1, 0.15) is 12.3 Å². The Labute approximate surface area is 243 Å². The van der Waals surface area contributed by atoms with Gasteiger partial charge in [-0.2, -0.15) is 5.10 Å². The number of ether oxygens (including phenoxy) is 1. The van der Waals surface area contributed by atoms with E-state index in [0.29, 0.717) is 33.3 Å². The number of amides is 2. The second kappa shape index (κ2) is 13.6. The number of rotatable bonds is 11. The number of halogens is 1. The number of hydrogen-bond acceptors (Lipinski definition) is 6. The van der Waals surface area contributed by atoms with Crippen molar-refractivity contribution in [2.45, 2.75) is 11.8 Å². The average molecular weight is 591 g/mol. The molecule has 0 radical (unpaired) electrons. The molecule has 11 heteroatoms. The van der Waals surface area contributed by atoms with Gasteiger partial charge in [0.25, 0.3) is 21.8 Å². The van der Waals surface area contributed by atoms with Crippen LogP contribution in [0.25, 0.3) is 0 Å². The van der Waals surface area contributed by atoms with Gasteiger partial charge in [-0.1, -0.05) is 48.0 Å². The maximum atomic E-state index is 13.5. The highest BCUT2D eigenvalue weighted by Crippen LogP contribution is 2.28. The monoisotopic (exact) mass is 590 g/mol. The van der Waals surface area contributed by atoms with Crippen LogP contribution in [0.5, 0.6) is 5.75 Å². The summed E-state index contributed by atoms with van der Waals surface area (Å²) in [6.07, 6.45) is 1.41. The minimum Gasteiger partial charge on any atom is -0.484 e. The highest BCUT2D eigenvalue weighted by molar-refractivity contribution is 7.92. The zero-order valence-electron chi connectivity index (χ0n) is 22.0. The lowest BCUT2D eigenvalue weighted by molar-refractivity contribution is -0.119. The molecule has 2 amide bonds. The molecule has 4 rings (SSSR count). The van der Waals surface area contributed by atoms with Crippen molar-refractivity contribution in [1.82, 2.24) is 5.43 Å². The van der Waals surface area contributed by atoms with Crippen molar-refractivity contribution < 1.29 is 22.7 Å². The average Bonchev–Trinajstić information content (AvgIpc) is 2.97. The molecule has 0 atom stereocenters. The molecular weight excluding hydrogens is 564 g/mol. The number of benzene rings is 4. The summed E-state index contributed by atoms with van der Waals surface area (Å²) < 4.78 is 33.5. The zero-order chi connectivity index (χ0) is 29.2. The third kappa shape index (κ3) is 8.17. The molecule has 0 heterocycles. The standard InChI is InChI=1S/C30H27ClN4O5S/c1-22-18-24(31)14-17-28(22)35(41(38,39)27-10-6-3-7-11-27)20-29(36)34-32-19-23-12-15-26(16-13-23)40-21-30(37)33-25-8-4-2-5-9-25/h2-19H,20-21H2,1H3,(H,33,37)(H,34,36)/b32-19-. The number of hydrogen-bond donors (Lipinski definition) is 2. The maximum absolute atomic E-state index is 13.5. The van der Waals surface area contributed by atoms with Gasteiger partial charge in [0.15, 0.2) is 6.61 Å². The summed E-state index contributed by atoms with van der Waals surface area (Å²) in [7, 11) is -4.06. The Kier molecular flexibility index (Phi) is 9.73. The Morgan fingerprint density at radius 1 is 0.902 bits per heavy atom. The second-order valence-corrected chi connectivity index (χ2v) is 11.1.